The summed E-state index contributed by atoms with van der Waals surface area (Å²) >= 11 is 0. The van der Waals surface area contributed by atoms with E-state index in [9.17, 15) is 9.59 Å². The number of nitrogens with one attached hydrogen (secondary N) is 1. The highest BCUT2D eigenvalue weighted by Gasteiger charge is 2.54. The average Bonchev–Trinajstić information content (AvgIpc) is 3.08. The number of fused-ring (bicyclic) bond motifs is 1. The minimum atomic E-state index is -0.547. The molecule has 29 heavy (non-hydrogen) atoms. The van der Waals surface area contributed by atoms with Gasteiger partial charge in [0.25, 0.3) is 0 Å². The number of carbonyl (C=O) groups is 2. The van der Waals surface area contributed by atoms with Crippen LogP contribution in [0.4, 0.5) is 0 Å². The van der Waals surface area contributed by atoms with Gasteiger partial charge in [-0.3, -0.25) is 9.59 Å². The van der Waals surface area contributed by atoms with Gasteiger partial charge in [-0.05, 0) is 38.5 Å². The number of likely N-dealkylation sites (tertiary alicyclic amines) is 1. The van der Waals surface area contributed by atoms with E-state index < -0.39 is 5.60 Å². The van der Waals surface area contributed by atoms with E-state index in [0.717, 1.165) is 82.5 Å². The van der Waals surface area contributed by atoms with Crippen molar-refractivity contribution in [3.8, 4) is 0 Å². The lowest BCUT2D eigenvalue weighted by Gasteiger charge is -2.40. The Kier molecular flexibility index (Phi) is 5.02. The van der Waals surface area contributed by atoms with Crippen LogP contribution >= 0.6 is 0 Å². The van der Waals surface area contributed by atoms with Gasteiger partial charge in [0.2, 0.25) is 5.91 Å². The van der Waals surface area contributed by atoms with E-state index in [0.29, 0.717) is 6.54 Å². The van der Waals surface area contributed by atoms with Gasteiger partial charge in [0.05, 0.1) is 12.3 Å². The number of hydrogen-bond donors (Lipinski definition) is 1. The Morgan fingerprint density at radius 2 is 2.10 bits per heavy atom. The second kappa shape index (κ2) is 7.67. The van der Waals surface area contributed by atoms with Crippen LogP contribution in [0.1, 0.15) is 74.4 Å². The molecule has 3 aliphatic heterocycles. The molecule has 1 amide bonds. The van der Waals surface area contributed by atoms with E-state index in [1.54, 1.807) is 0 Å². The number of aromatic nitrogens is 2. The summed E-state index contributed by atoms with van der Waals surface area (Å²) in [6.07, 6.45) is 9.98. The van der Waals surface area contributed by atoms with E-state index in [-0.39, 0.29) is 30.1 Å². The van der Waals surface area contributed by atoms with Gasteiger partial charge < -0.3 is 15.0 Å². The van der Waals surface area contributed by atoms with Gasteiger partial charge in [-0.2, -0.15) is 0 Å². The van der Waals surface area contributed by atoms with Gasteiger partial charge in [0.15, 0.2) is 0 Å². The molecule has 7 heteroatoms. The monoisotopic (exact) mass is 398 g/mol. The Hall–Kier alpha value is -2.02. The summed E-state index contributed by atoms with van der Waals surface area (Å²) in [4.78, 5) is 37.0. The molecule has 1 aromatic rings. The fraction of sp³-hybridized carbons (Fsp3) is 0.727. The number of ether oxygens (including phenoxy) is 1. The zero-order valence-corrected chi connectivity index (χ0v) is 17.0. The van der Waals surface area contributed by atoms with Crippen molar-refractivity contribution in [2.75, 3.05) is 19.6 Å². The van der Waals surface area contributed by atoms with Gasteiger partial charge in [0, 0.05) is 56.0 Å². The molecular weight excluding hydrogens is 368 g/mol. The maximum absolute atomic E-state index is 13.5. The fourth-order valence-corrected chi connectivity index (χ4v) is 5.66. The first-order chi connectivity index (χ1) is 14.1. The molecule has 4 heterocycles. The minimum absolute atomic E-state index is 0.101. The predicted octanol–water partition coefficient (Wildman–Crippen LogP) is 2.09. The quantitative estimate of drug-likeness (QED) is 0.768. The molecule has 1 aromatic heterocycles. The Morgan fingerprint density at radius 1 is 1.24 bits per heavy atom. The summed E-state index contributed by atoms with van der Waals surface area (Å²) in [5.74, 6) is 0.627. The lowest BCUT2D eigenvalue weighted by atomic mass is 9.75. The molecule has 156 valence electrons. The normalized spacial score (nSPS) is 28.8. The highest BCUT2D eigenvalue weighted by atomic mass is 16.6. The number of rotatable bonds is 2. The maximum Gasteiger partial charge on any atom is 0.307 e. The van der Waals surface area contributed by atoms with Crippen molar-refractivity contribution >= 4 is 11.9 Å². The number of carbonyl (C=O) groups excluding carboxylic acids is 2. The van der Waals surface area contributed by atoms with Gasteiger partial charge in [-0.25, -0.2) is 9.97 Å². The lowest BCUT2D eigenvalue weighted by Crippen LogP contribution is -2.49. The number of nitrogens with zero attached hydrogens (tertiary/aromatic N) is 3. The molecule has 3 fully saturated rings. The third kappa shape index (κ3) is 3.54. The number of hydrogen-bond acceptors (Lipinski definition) is 6. The van der Waals surface area contributed by atoms with Crippen molar-refractivity contribution in [3.05, 3.63) is 23.3 Å². The summed E-state index contributed by atoms with van der Waals surface area (Å²) in [6, 6.07) is 0. The van der Waals surface area contributed by atoms with Crippen LogP contribution in [0.3, 0.4) is 0 Å². The van der Waals surface area contributed by atoms with E-state index in [1.165, 1.54) is 5.56 Å². The van der Waals surface area contributed by atoms with E-state index in [4.69, 9.17) is 9.72 Å². The van der Waals surface area contributed by atoms with Crippen LogP contribution < -0.4 is 5.32 Å². The zero-order chi connectivity index (χ0) is 19.8. The van der Waals surface area contributed by atoms with Crippen LogP contribution in [0.25, 0.3) is 0 Å². The Balaban J connectivity index is 1.32. The Morgan fingerprint density at radius 3 is 2.97 bits per heavy atom. The molecule has 0 aromatic carbocycles. The molecular formula is C22H30N4O3. The van der Waals surface area contributed by atoms with Gasteiger partial charge >= 0.3 is 5.97 Å². The van der Waals surface area contributed by atoms with Crippen LogP contribution in [0.2, 0.25) is 0 Å². The first kappa shape index (κ1) is 19.0. The third-order valence-corrected chi connectivity index (χ3v) is 7.25. The molecule has 1 saturated carbocycles. The molecule has 7 nitrogen and oxygen atoms in total. The van der Waals surface area contributed by atoms with Gasteiger partial charge in [-0.15, -0.1) is 0 Å². The second-order valence-electron chi connectivity index (χ2n) is 9.11. The first-order valence-electron chi connectivity index (χ1n) is 11.2. The lowest BCUT2D eigenvalue weighted by molar-refractivity contribution is -0.156. The molecule has 1 spiro atoms. The van der Waals surface area contributed by atoms with Crippen LogP contribution in [-0.4, -0.2) is 52.0 Å². The fourth-order valence-electron chi connectivity index (χ4n) is 5.66. The van der Waals surface area contributed by atoms with Gasteiger partial charge in [-0.1, -0.05) is 6.42 Å². The molecule has 5 rings (SSSR count). The van der Waals surface area contributed by atoms with E-state index >= 15 is 0 Å². The molecule has 0 unspecified atom stereocenters. The van der Waals surface area contributed by atoms with E-state index in [2.05, 4.69) is 10.3 Å². The minimum Gasteiger partial charge on any atom is -0.458 e. The van der Waals surface area contributed by atoms with Crippen molar-refractivity contribution in [1.82, 2.24) is 20.2 Å². The summed E-state index contributed by atoms with van der Waals surface area (Å²) in [7, 11) is 0. The Labute approximate surface area is 171 Å². The average molecular weight is 399 g/mol. The molecule has 1 N–H and O–H groups in total. The first-order valence-corrected chi connectivity index (χ1v) is 11.2. The predicted molar refractivity (Wildman–Crippen MR) is 106 cm³/mol. The van der Waals surface area contributed by atoms with Crippen molar-refractivity contribution in [2.45, 2.75) is 75.9 Å². The SMILES string of the molecule is O=C1C[C@H](C(=O)N2CCC[C@H](c3ncc4c(n3)CCNC4)C2)C2(CCCCC2)O1. The van der Waals surface area contributed by atoms with Crippen LogP contribution in [-0.2, 0) is 27.3 Å². The largest absolute Gasteiger partial charge is 0.458 e. The van der Waals surface area contributed by atoms with Crippen molar-refractivity contribution in [2.24, 2.45) is 5.92 Å². The van der Waals surface area contributed by atoms with Crippen molar-refractivity contribution in [3.63, 3.8) is 0 Å². The standard InChI is InChI=1S/C22H30N4O3/c27-19-11-17(22(29-19)7-2-1-3-8-22)21(28)26-10-4-5-15(14-26)20-24-13-16-12-23-9-6-18(16)25-20/h13,15,17,23H,1-12,14H2/t15-,17+/m0/s1. The topological polar surface area (TPSA) is 84.4 Å². The van der Waals surface area contributed by atoms with Crippen molar-refractivity contribution < 1.29 is 14.3 Å². The van der Waals surface area contributed by atoms with Gasteiger partial charge in [0.1, 0.15) is 11.4 Å². The Bertz CT molecular complexity index is 805. The number of piperidine rings is 1. The smallest absolute Gasteiger partial charge is 0.307 e. The molecule has 0 radical (unpaired) electrons. The zero-order valence-electron chi connectivity index (χ0n) is 17.0. The van der Waals surface area contributed by atoms with E-state index in [1.807, 2.05) is 11.1 Å². The highest BCUT2D eigenvalue weighted by molar-refractivity contribution is 5.88. The van der Waals surface area contributed by atoms with Crippen LogP contribution in [0.15, 0.2) is 6.20 Å². The maximum atomic E-state index is 13.5. The second-order valence-corrected chi connectivity index (χ2v) is 9.11. The third-order valence-electron chi connectivity index (χ3n) is 7.25. The number of amides is 1. The summed E-state index contributed by atoms with van der Waals surface area (Å²) in [5.41, 5.74) is 1.78. The van der Waals surface area contributed by atoms with Crippen LogP contribution in [0, 0.1) is 5.92 Å². The number of esters is 1. The molecule has 2 saturated heterocycles. The molecule has 0 bridgehead atoms. The summed E-state index contributed by atoms with van der Waals surface area (Å²) < 4.78 is 5.77. The highest BCUT2D eigenvalue weighted by Crippen LogP contribution is 2.45. The van der Waals surface area contributed by atoms with Crippen LogP contribution in [0.5, 0.6) is 0 Å². The summed E-state index contributed by atoms with van der Waals surface area (Å²) in [6.45, 7) is 3.20. The molecule has 4 aliphatic rings. The summed E-state index contributed by atoms with van der Waals surface area (Å²) in [5, 5.41) is 3.35. The molecule has 1 aliphatic carbocycles. The van der Waals surface area contributed by atoms with Crippen molar-refractivity contribution in [1.29, 1.82) is 0 Å². The molecule has 2 atom stereocenters.